The number of amides is 1. The number of hydrogen-bond donors (Lipinski definition) is 1. The topological polar surface area (TPSA) is 64.4 Å². The molecular weight excluding hydrogens is 325 g/mol. The molecule has 0 spiro atoms. The highest BCUT2D eigenvalue weighted by Crippen LogP contribution is 2.31. The largest absolute Gasteiger partial charge is 0.481 e. The monoisotopic (exact) mass is 338 g/mol. The predicted molar refractivity (Wildman–Crippen MR) is 78.3 cm³/mol. The SMILES string of the molecule is Cc1cc(C(=O)NCC#CCOc2cccc(C(F)(F)F)c2)no1. The average Bonchev–Trinajstić information content (AvgIpc) is 2.96. The first-order chi connectivity index (χ1) is 11.4. The van der Waals surface area contributed by atoms with Gasteiger partial charge in [-0.15, -0.1) is 0 Å². The third kappa shape index (κ3) is 5.05. The minimum Gasteiger partial charge on any atom is -0.481 e. The molecule has 0 saturated carbocycles. The maximum Gasteiger partial charge on any atom is 0.416 e. The van der Waals surface area contributed by atoms with E-state index in [0.717, 1.165) is 12.1 Å². The summed E-state index contributed by atoms with van der Waals surface area (Å²) in [6, 6.07) is 6.01. The number of alkyl halides is 3. The molecule has 0 saturated heterocycles. The van der Waals surface area contributed by atoms with Crippen molar-refractivity contribution in [3.63, 3.8) is 0 Å². The molecule has 8 heteroatoms. The highest BCUT2D eigenvalue weighted by molar-refractivity contribution is 5.92. The molecule has 0 aliphatic heterocycles. The molecule has 2 aromatic rings. The first kappa shape index (κ1) is 17.4. The van der Waals surface area contributed by atoms with E-state index in [1.165, 1.54) is 18.2 Å². The number of nitrogens with one attached hydrogen (secondary N) is 1. The molecule has 0 aliphatic carbocycles. The van der Waals surface area contributed by atoms with Gasteiger partial charge in [-0.2, -0.15) is 13.2 Å². The van der Waals surface area contributed by atoms with E-state index >= 15 is 0 Å². The van der Waals surface area contributed by atoms with Crippen molar-refractivity contribution in [3.8, 4) is 17.6 Å². The van der Waals surface area contributed by atoms with Crippen molar-refractivity contribution >= 4 is 5.91 Å². The van der Waals surface area contributed by atoms with E-state index in [1.54, 1.807) is 6.92 Å². The molecular formula is C16H13F3N2O3. The normalized spacial score (nSPS) is 10.7. The van der Waals surface area contributed by atoms with Crippen LogP contribution in [0.25, 0.3) is 0 Å². The summed E-state index contributed by atoms with van der Waals surface area (Å²) in [5.74, 6) is 5.37. The molecule has 1 N–H and O–H groups in total. The van der Waals surface area contributed by atoms with E-state index in [4.69, 9.17) is 9.26 Å². The van der Waals surface area contributed by atoms with Gasteiger partial charge >= 0.3 is 6.18 Å². The lowest BCUT2D eigenvalue weighted by atomic mass is 10.2. The second-order valence-corrected chi connectivity index (χ2v) is 4.67. The third-order valence-electron chi connectivity index (χ3n) is 2.80. The standard InChI is InChI=1S/C16H13F3N2O3/c1-11-9-14(21-24-11)15(22)20-7-2-3-8-23-13-6-4-5-12(10-13)16(17,18)19/h4-6,9-10H,7-8H2,1H3,(H,20,22). The Morgan fingerprint density at radius 1 is 1.33 bits per heavy atom. The number of benzene rings is 1. The molecule has 2 rings (SSSR count). The number of hydrogen-bond acceptors (Lipinski definition) is 4. The van der Waals surface area contributed by atoms with E-state index in [9.17, 15) is 18.0 Å². The quantitative estimate of drug-likeness (QED) is 0.871. The maximum atomic E-state index is 12.5. The van der Waals surface area contributed by atoms with Crippen LogP contribution in [-0.2, 0) is 6.18 Å². The summed E-state index contributed by atoms with van der Waals surface area (Å²) in [4.78, 5) is 11.6. The van der Waals surface area contributed by atoms with Crippen molar-refractivity contribution in [2.45, 2.75) is 13.1 Å². The molecule has 1 aromatic heterocycles. The van der Waals surface area contributed by atoms with E-state index in [0.29, 0.717) is 5.76 Å². The molecule has 1 aromatic carbocycles. The number of halogens is 3. The zero-order chi connectivity index (χ0) is 17.6. The Morgan fingerprint density at radius 3 is 2.79 bits per heavy atom. The number of carbonyl (C=O) groups is 1. The van der Waals surface area contributed by atoms with Crippen molar-refractivity contribution in [1.82, 2.24) is 10.5 Å². The zero-order valence-corrected chi connectivity index (χ0v) is 12.6. The van der Waals surface area contributed by atoms with Crippen LogP contribution in [0.3, 0.4) is 0 Å². The van der Waals surface area contributed by atoms with Gasteiger partial charge in [-0.3, -0.25) is 4.79 Å². The average molecular weight is 338 g/mol. The van der Waals surface area contributed by atoms with E-state index in [2.05, 4.69) is 22.3 Å². The van der Waals surface area contributed by atoms with Gasteiger partial charge in [0.15, 0.2) is 5.69 Å². The number of rotatable bonds is 4. The van der Waals surface area contributed by atoms with Crippen LogP contribution in [0.2, 0.25) is 0 Å². The van der Waals surface area contributed by atoms with Crippen molar-refractivity contribution in [3.05, 3.63) is 47.3 Å². The fraction of sp³-hybridized carbons (Fsp3) is 0.250. The Labute approximate surface area is 135 Å². The fourth-order valence-corrected chi connectivity index (χ4v) is 1.68. The summed E-state index contributed by atoms with van der Waals surface area (Å²) < 4.78 is 47.5. The fourth-order valence-electron chi connectivity index (χ4n) is 1.68. The molecule has 0 atom stereocenters. The van der Waals surface area contributed by atoms with Gasteiger partial charge < -0.3 is 14.6 Å². The molecule has 1 heterocycles. The van der Waals surface area contributed by atoms with Gasteiger partial charge in [0.2, 0.25) is 0 Å². The Bertz CT molecular complexity index is 773. The van der Waals surface area contributed by atoms with Crippen LogP contribution in [0.15, 0.2) is 34.9 Å². The number of aromatic nitrogens is 1. The molecule has 0 aliphatic rings. The van der Waals surface area contributed by atoms with Gasteiger partial charge in [0.25, 0.3) is 5.91 Å². The molecule has 0 unspecified atom stereocenters. The van der Waals surface area contributed by atoms with Crippen LogP contribution in [-0.4, -0.2) is 24.2 Å². The first-order valence-corrected chi connectivity index (χ1v) is 6.83. The number of nitrogens with zero attached hydrogens (tertiary/aromatic N) is 1. The van der Waals surface area contributed by atoms with Gasteiger partial charge in [0.1, 0.15) is 18.1 Å². The smallest absolute Gasteiger partial charge is 0.416 e. The lowest BCUT2D eigenvalue weighted by Crippen LogP contribution is -2.23. The van der Waals surface area contributed by atoms with Crippen LogP contribution in [0.1, 0.15) is 21.8 Å². The van der Waals surface area contributed by atoms with Crippen LogP contribution in [0.4, 0.5) is 13.2 Å². The summed E-state index contributed by atoms with van der Waals surface area (Å²) in [6.45, 7) is 1.62. The lowest BCUT2D eigenvalue weighted by Gasteiger charge is -2.08. The van der Waals surface area contributed by atoms with Crippen molar-refractivity contribution in [1.29, 1.82) is 0 Å². The van der Waals surface area contributed by atoms with Gasteiger partial charge in [-0.25, -0.2) is 0 Å². The number of aryl methyl sites for hydroxylation is 1. The highest BCUT2D eigenvalue weighted by atomic mass is 19.4. The maximum absolute atomic E-state index is 12.5. The summed E-state index contributed by atoms with van der Waals surface area (Å²) in [6.07, 6.45) is -4.42. The van der Waals surface area contributed by atoms with Gasteiger partial charge in [-0.1, -0.05) is 23.1 Å². The number of ether oxygens (including phenoxy) is 1. The molecule has 0 radical (unpaired) electrons. The molecule has 5 nitrogen and oxygen atoms in total. The van der Waals surface area contributed by atoms with Gasteiger partial charge in [-0.05, 0) is 25.1 Å². The summed E-state index contributed by atoms with van der Waals surface area (Å²) in [5.41, 5.74) is -0.641. The highest BCUT2D eigenvalue weighted by Gasteiger charge is 2.30. The second kappa shape index (κ2) is 7.55. The third-order valence-corrected chi connectivity index (χ3v) is 2.80. The Hall–Kier alpha value is -2.95. The van der Waals surface area contributed by atoms with Crippen LogP contribution in [0, 0.1) is 18.8 Å². The van der Waals surface area contributed by atoms with E-state index < -0.39 is 17.6 Å². The van der Waals surface area contributed by atoms with Crippen molar-refractivity contribution < 1.29 is 27.2 Å². The van der Waals surface area contributed by atoms with Crippen LogP contribution in [0.5, 0.6) is 5.75 Å². The Kier molecular flexibility index (Phi) is 5.47. The summed E-state index contributed by atoms with van der Waals surface area (Å²) in [7, 11) is 0. The molecule has 126 valence electrons. The van der Waals surface area contributed by atoms with E-state index in [-0.39, 0.29) is 24.6 Å². The summed E-state index contributed by atoms with van der Waals surface area (Å²) >= 11 is 0. The molecule has 0 fully saturated rings. The Balaban J connectivity index is 1.77. The predicted octanol–water partition coefficient (Wildman–Crippen LogP) is 2.81. The molecule has 1 amide bonds. The molecule has 0 bridgehead atoms. The Morgan fingerprint density at radius 2 is 2.12 bits per heavy atom. The lowest BCUT2D eigenvalue weighted by molar-refractivity contribution is -0.137. The first-order valence-electron chi connectivity index (χ1n) is 6.83. The zero-order valence-electron chi connectivity index (χ0n) is 12.6. The van der Waals surface area contributed by atoms with E-state index in [1.807, 2.05) is 0 Å². The van der Waals surface area contributed by atoms with Crippen molar-refractivity contribution in [2.24, 2.45) is 0 Å². The minimum absolute atomic E-state index is 0.0523. The molecule has 24 heavy (non-hydrogen) atoms. The van der Waals surface area contributed by atoms with Gasteiger partial charge in [0, 0.05) is 6.07 Å². The second-order valence-electron chi connectivity index (χ2n) is 4.67. The van der Waals surface area contributed by atoms with Crippen LogP contribution < -0.4 is 10.1 Å². The number of carbonyl (C=O) groups excluding carboxylic acids is 1. The van der Waals surface area contributed by atoms with Gasteiger partial charge in [0.05, 0.1) is 12.1 Å². The van der Waals surface area contributed by atoms with Crippen LogP contribution >= 0.6 is 0 Å². The minimum atomic E-state index is -4.42. The summed E-state index contributed by atoms with van der Waals surface area (Å²) in [5, 5.41) is 6.05. The van der Waals surface area contributed by atoms with Crippen molar-refractivity contribution in [2.75, 3.05) is 13.2 Å².